The summed E-state index contributed by atoms with van der Waals surface area (Å²) in [6.45, 7) is 10.4. The van der Waals surface area contributed by atoms with Gasteiger partial charge in [0.2, 0.25) is 0 Å². The fourth-order valence-corrected chi connectivity index (χ4v) is 3.92. The number of fused-ring (bicyclic) bond motifs is 1. The highest BCUT2D eigenvalue weighted by Crippen LogP contribution is 2.20. The van der Waals surface area contributed by atoms with Gasteiger partial charge in [-0.15, -0.1) is 0 Å². The Morgan fingerprint density at radius 1 is 0.964 bits per heavy atom. The van der Waals surface area contributed by atoms with Crippen molar-refractivity contribution in [3.63, 3.8) is 0 Å². The summed E-state index contributed by atoms with van der Waals surface area (Å²) in [5.41, 5.74) is 6.36. The second-order valence-electron chi connectivity index (χ2n) is 7.81. The molecule has 1 aliphatic rings. The van der Waals surface area contributed by atoms with E-state index in [0.29, 0.717) is 0 Å². The van der Waals surface area contributed by atoms with Crippen LogP contribution in [0.15, 0.2) is 48.5 Å². The summed E-state index contributed by atoms with van der Waals surface area (Å²) in [5.74, 6) is 0.101. The van der Waals surface area contributed by atoms with E-state index >= 15 is 0 Å². The minimum Gasteiger partial charge on any atom is -0.336 e. The van der Waals surface area contributed by atoms with Gasteiger partial charge >= 0.3 is 0 Å². The van der Waals surface area contributed by atoms with Gasteiger partial charge in [0.1, 0.15) is 0 Å². The second kappa shape index (κ2) is 7.72. The largest absolute Gasteiger partial charge is 0.336 e. The van der Waals surface area contributed by atoms with Gasteiger partial charge in [-0.25, -0.2) is 0 Å². The van der Waals surface area contributed by atoms with Crippen molar-refractivity contribution in [3.05, 3.63) is 76.5 Å². The number of nitrogens with zero attached hydrogens (tertiary/aromatic N) is 3. The second-order valence-corrected chi connectivity index (χ2v) is 7.81. The number of aryl methyl sites for hydroxylation is 3. The lowest BCUT2D eigenvalue weighted by Gasteiger charge is -2.35. The van der Waals surface area contributed by atoms with E-state index in [1.165, 1.54) is 16.7 Å². The van der Waals surface area contributed by atoms with Gasteiger partial charge in [-0.3, -0.25) is 14.7 Å². The van der Waals surface area contributed by atoms with E-state index in [-0.39, 0.29) is 5.91 Å². The van der Waals surface area contributed by atoms with Gasteiger partial charge in [0.15, 0.2) is 0 Å². The van der Waals surface area contributed by atoms with Crippen molar-refractivity contribution in [3.8, 4) is 0 Å². The number of aromatic nitrogens is 1. The average Bonchev–Trinajstić information content (AvgIpc) is 2.69. The Balaban J connectivity index is 1.46. The van der Waals surface area contributed by atoms with E-state index in [1.54, 1.807) is 0 Å². The van der Waals surface area contributed by atoms with E-state index in [1.807, 2.05) is 24.0 Å². The van der Waals surface area contributed by atoms with Crippen LogP contribution in [0.2, 0.25) is 0 Å². The lowest BCUT2D eigenvalue weighted by Crippen LogP contribution is -2.48. The molecule has 0 N–H and O–H groups in total. The number of pyridine rings is 1. The van der Waals surface area contributed by atoms with Crippen LogP contribution in [0.5, 0.6) is 0 Å². The first-order valence-corrected chi connectivity index (χ1v) is 9.95. The molecule has 4 heteroatoms. The molecule has 1 aliphatic heterocycles. The fraction of sp³-hybridized carbons (Fsp3) is 0.333. The molecule has 0 radical (unpaired) electrons. The highest BCUT2D eigenvalue weighted by Gasteiger charge is 2.24. The molecule has 4 rings (SSSR count). The molecular weight excluding hydrogens is 346 g/mol. The average molecular weight is 374 g/mol. The number of benzene rings is 2. The third-order valence-electron chi connectivity index (χ3n) is 5.71. The standard InChI is InChI=1S/C24H27N3O/c1-17-8-9-23-21(14-17)15-22(19(3)25-23)24(28)27-12-10-26(11-13-27)16-20-7-5-4-6-18(20)2/h4-9,14-15H,10-13,16H2,1-3H3. The SMILES string of the molecule is Cc1ccc2nc(C)c(C(=O)N3CCN(Cc4ccccc4C)CC3)cc2c1. The van der Waals surface area contributed by atoms with E-state index in [2.05, 4.69) is 60.1 Å². The van der Waals surface area contributed by atoms with Crippen molar-refractivity contribution < 1.29 is 4.79 Å². The minimum absolute atomic E-state index is 0.101. The van der Waals surface area contributed by atoms with Gasteiger partial charge in [-0.05, 0) is 50.1 Å². The molecule has 4 nitrogen and oxygen atoms in total. The molecule has 144 valence electrons. The van der Waals surface area contributed by atoms with Crippen molar-refractivity contribution in [1.82, 2.24) is 14.8 Å². The summed E-state index contributed by atoms with van der Waals surface area (Å²) in [6, 6.07) is 16.7. The number of carbonyl (C=O) groups excluding carboxylic acids is 1. The van der Waals surface area contributed by atoms with Crippen LogP contribution in [0.3, 0.4) is 0 Å². The van der Waals surface area contributed by atoms with Crippen LogP contribution in [0.1, 0.15) is 32.7 Å². The number of hydrogen-bond donors (Lipinski definition) is 0. The minimum atomic E-state index is 0.101. The maximum atomic E-state index is 13.1. The molecule has 0 saturated carbocycles. The Hall–Kier alpha value is -2.72. The van der Waals surface area contributed by atoms with E-state index in [0.717, 1.165) is 54.9 Å². The summed E-state index contributed by atoms with van der Waals surface area (Å²) in [4.78, 5) is 22.2. The van der Waals surface area contributed by atoms with Gasteiger partial charge in [-0.1, -0.05) is 35.9 Å². The van der Waals surface area contributed by atoms with Crippen LogP contribution in [-0.4, -0.2) is 46.9 Å². The normalized spacial score (nSPS) is 15.2. The third-order valence-corrected chi connectivity index (χ3v) is 5.71. The first kappa shape index (κ1) is 18.6. The van der Waals surface area contributed by atoms with Crippen LogP contribution in [0, 0.1) is 20.8 Å². The van der Waals surface area contributed by atoms with Crippen molar-refractivity contribution >= 4 is 16.8 Å². The summed E-state index contributed by atoms with van der Waals surface area (Å²) in [6.07, 6.45) is 0. The quantitative estimate of drug-likeness (QED) is 0.693. The first-order valence-electron chi connectivity index (χ1n) is 9.95. The maximum absolute atomic E-state index is 13.1. The number of amides is 1. The van der Waals surface area contributed by atoms with Crippen LogP contribution in [0.4, 0.5) is 0 Å². The van der Waals surface area contributed by atoms with Crippen molar-refractivity contribution in [2.45, 2.75) is 27.3 Å². The van der Waals surface area contributed by atoms with Crippen LogP contribution in [0.25, 0.3) is 10.9 Å². The molecule has 1 amide bonds. The maximum Gasteiger partial charge on any atom is 0.255 e. The highest BCUT2D eigenvalue weighted by atomic mass is 16.2. The summed E-state index contributed by atoms with van der Waals surface area (Å²) in [5, 5.41) is 1.03. The molecule has 0 spiro atoms. The van der Waals surface area contributed by atoms with E-state index in [4.69, 9.17) is 0 Å². The van der Waals surface area contributed by atoms with Crippen molar-refractivity contribution in [1.29, 1.82) is 0 Å². The lowest BCUT2D eigenvalue weighted by atomic mass is 10.1. The van der Waals surface area contributed by atoms with Crippen molar-refractivity contribution in [2.75, 3.05) is 26.2 Å². The summed E-state index contributed by atoms with van der Waals surface area (Å²) in [7, 11) is 0. The number of hydrogen-bond acceptors (Lipinski definition) is 3. The smallest absolute Gasteiger partial charge is 0.255 e. The summed E-state index contributed by atoms with van der Waals surface area (Å²) >= 11 is 0. The Morgan fingerprint density at radius 3 is 2.46 bits per heavy atom. The summed E-state index contributed by atoms with van der Waals surface area (Å²) < 4.78 is 0. The number of rotatable bonds is 3. The van der Waals surface area contributed by atoms with Crippen molar-refractivity contribution in [2.24, 2.45) is 0 Å². The number of carbonyl (C=O) groups is 1. The zero-order valence-corrected chi connectivity index (χ0v) is 16.9. The van der Waals surface area contributed by atoms with Crippen LogP contribution >= 0.6 is 0 Å². The Labute approximate surface area is 166 Å². The molecular formula is C24H27N3O. The Morgan fingerprint density at radius 2 is 1.71 bits per heavy atom. The molecule has 28 heavy (non-hydrogen) atoms. The Kier molecular flexibility index (Phi) is 5.14. The molecule has 1 fully saturated rings. The zero-order valence-electron chi connectivity index (χ0n) is 16.9. The van der Waals surface area contributed by atoms with Gasteiger partial charge < -0.3 is 4.90 Å². The Bertz CT molecular complexity index is 1020. The highest BCUT2D eigenvalue weighted by molar-refractivity contribution is 5.98. The molecule has 0 aliphatic carbocycles. The molecule has 0 bridgehead atoms. The molecule has 2 heterocycles. The monoisotopic (exact) mass is 373 g/mol. The lowest BCUT2D eigenvalue weighted by molar-refractivity contribution is 0.0627. The third kappa shape index (κ3) is 3.78. The first-order chi connectivity index (χ1) is 13.5. The predicted molar refractivity (Wildman–Crippen MR) is 114 cm³/mol. The predicted octanol–water partition coefficient (Wildman–Crippen LogP) is 4.12. The molecule has 1 aromatic heterocycles. The van der Waals surface area contributed by atoms with Gasteiger partial charge in [0.25, 0.3) is 5.91 Å². The van der Waals surface area contributed by atoms with E-state index < -0.39 is 0 Å². The van der Waals surface area contributed by atoms with Gasteiger partial charge in [0.05, 0.1) is 16.8 Å². The van der Waals surface area contributed by atoms with Gasteiger partial charge in [0, 0.05) is 38.1 Å². The molecule has 3 aromatic rings. The van der Waals surface area contributed by atoms with Crippen LogP contribution in [-0.2, 0) is 6.54 Å². The molecule has 1 saturated heterocycles. The molecule has 0 atom stereocenters. The van der Waals surface area contributed by atoms with E-state index in [9.17, 15) is 4.79 Å². The zero-order chi connectivity index (χ0) is 19.7. The fourth-order valence-electron chi connectivity index (χ4n) is 3.92. The molecule has 0 unspecified atom stereocenters. The van der Waals surface area contributed by atoms with Crippen LogP contribution < -0.4 is 0 Å². The number of piperazine rings is 1. The topological polar surface area (TPSA) is 36.4 Å². The molecule has 2 aromatic carbocycles. The van der Waals surface area contributed by atoms with Gasteiger partial charge in [-0.2, -0.15) is 0 Å².